The number of hydrogen-bond donors (Lipinski definition) is 0. The van der Waals surface area contributed by atoms with Gasteiger partial charge in [0.25, 0.3) is 0 Å². The molecular formula is C44H50O6. The van der Waals surface area contributed by atoms with E-state index in [1.807, 2.05) is 50.2 Å². The second kappa shape index (κ2) is 12.4. The van der Waals surface area contributed by atoms with E-state index in [0.29, 0.717) is 40.7 Å². The van der Waals surface area contributed by atoms with Crippen molar-refractivity contribution in [2.75, 3.05) is 0 Å². The number of esters is 3. The molecule has 262 valence electrons. The summed E-state index contributed by atoms with van der Waals surface area (Å²) in [6, 6.07) is 15.8. The zero-order chi connectivity index (χ0) is 35.1. The summed E-state index contributed by atoms with van der Waals surface area (Å²) >= 11 is 0. The molecule has 4 fully saturated rings. The van der Waals surface area contributed by atoms with Crippen molar-refractivity contribution in [2.24, 2.45) is 35.5 Å². The lowest BCUT2D eigenvalue weighted by Crippen LogP contribution is -2.32. The number of cyclic esters (lactones) is 1. The summed E-state index contributed by atoms with van der Waals surface area (Å²) in [7, 11) is 0. The Bertz CT molecular complexity index is 1860. The zero-order valence-electron chi connectivity index (χ0n) is 30.3. The van der Waals surface area contributed by atoms with Crippen molar-refractivity contribution in [3.8, 4) is 11.5 Å². The Morgan fingerprint density at radius 3 is 1.76 bits per heavy atom. The van der Waals surface area contributed by atoms with Crippen LogP contribution in [0.15, 0.2) is 48.5 Å². The lowest BCUT2D eigenvalue weighted by atomic mass is 9.73. The first kappa shape index (κ1) is 33.2. The molecule has 4 aliphatic carbocycles. The van der Waals surface area contributed by atoms with E-state index in [9.17, 15) is 14.4 Å². The van der Waals surface area contributed by atoms with Crippen molar-refractivity contribution < 1.29 is 28.6 Å². The van der Waals surface area contributed by atoms with Gasteiger partial charge >= 0.3 is 17.9 Å². The van der Waals surface area contributed by atoms with Gasteiger partial charge in [-0.25, -0.2) is 4.79 Å². The zero-order valence-corrected chi connectivity index (χ0v) is 30.3. The Labute approximate surface area is 296 Å². The molecule has 3 aromatic rings. The van der Waals surface area contributed by atoms with E-state index in [-0.39, 0.29) is 41.6 Å². The quantitative estimate of drug-likeness (QED) is 0.175. The topological polar surface area (TPSA) is 78.9 Å². The minimum Gasteiger partial charge on any atom is -0.441 e. The second-order valence-corrected chi connectivity index (χ2v) is 16.5. The maximum atomic E-state index is 13.8. The van der Waals surface area contributed by atoms with Gasteiger partial charge in [-0.15, -0.1) is 0 Å². The van der Waals surface area contributed by atoms with Crippen LogP contribution in [0.5, 0.6) is 11.5 Å². The van der Waals surface area contributed by atoms with E-state index < -0.39 is 5.60 Å². The Kier molecular flexibility index (Phi) is 8.23. The van der Waals surface area contributed by atoms with Crippen LogP contribution in [0.4, 0.5) is 0 Å². The molecule has 0 N–H and O–H groups in total. The van der Waals surface area contributed by atoms with Gasteiger partial charge in [0.2, 0.25) is 0 Å². The Morgan fingerprint density at radius 2 is 1.20 bits per heavy atom. The van der Waals surface area contributed by atoms with Crippen molar-refractivity contribution in [1.29, 1.82) is 0 Å². The fourth-order valence-corrected chi connectivity index (χ4v) is 10.0. The SMILES string of the molecule is Cc1cc([C@]2(c3cc(C(C)C)c(OC(=O)C4[C@@H]5CCCC[C@@H]45)cc3C)OC(=O)c3ccccc32)c(C(C)C)cc1OC(=O)C1[C@H]2CCCC[C@@H]12. The number of benzene rings is 3. The average molecular weight is 675 g/mol. The normalized spacial score (nSPS) is 29.2. The summed E-state index contributed by atoms with van der Waals surface area (Å²) in [5, 5.41) is 0. The average Bonchev–Trinajstić information content (AvgIpc) is 3.99. The monoisotopic (exact) mass is 674 g/mol. The van der Waals surface area contributed by atoms with Crippen molar-refractivity contribution in [1.82, 2.24) is 0 Å². The van der Waals surface area contributed by atoms with Gasteiger partial charge in [-0.3, -0.25) is 9.59 Å². The van der Waals surface area contributed by atoms with Gasteiger partial charge in [-0.05, 0) is 128 Å². The smallest absolute Gasteiger partial charge is 0.340 e. The number of rotatable bonds is 8. The van der Waals surface area contributed by atoms with Crippen LogP contribution in [-0.2, 0) is 19.9 Å². The summed E-state index contributed by atoms with van der Waals surface area (Å²) < 4.78 is 19.1. The van der Waals surface area contributed by atoms with Crippen LogP contribution >= 0.6 is 0 Å². The molecule has 6 atom stereocenters. The number of hydrogen-bond acceptors (Lipinski definition) is 6. The summed E-state index contributed by atoms with van der Waals surface area (Å²) in [6.45, 7) is 12.4. The lowest BCUT2D eigenvalue weighted by Gasteiger charge is -2.35. The van der Waals surface area contributed by atoms with E-state index in [2.05, 4.69) is 39.8 Å². The van der Waals surface area contributed by atoms with E-state index in [1.54, 1.807) is 0 Å². The third kappa shape index (κ3) is 5.31. The molecule has 4 saturated carbocycles. The van der Waals surface area contributed by atoms with Gasteiger partial charge in [0, 0.05) is 16.7 Å². The largest absolute Gasteiger partial charge is 0.441 e. The summed E-state index contributed by atoms with van der Waals surface area (Å²) in [4.78, 5) is 40.8. The molecule has 0 bridgehead atoms. The van der Waals surface area contributed by atoms with Crippen molar-refractivity contribution in [3.63, 3.8) is 0 Å². The minimum atomic E-state index is -1.26. The highest BCUT2D eigenvalue weighted by Crippen LogP contribution is 2.58. The number of fused-ring (bicyclic) bond motifs is 3. The molecule has 0 aromatic heterocycles. The number of carbonyl (C=O) groups excluding carboxylic acids is 3. The molecule has 1 heterocycles. The third-order valence-electron chi connectivity index (χ3n) is 12.8. The van der Waals surface area contributed by atoms with Crippen molar-refractivity contribution >= 4 is 17.9 Å². The third-order valence-corrected chi connectivity index (χ3v) is 12.8. The van der Waals surface area contributed by atoms with E-state index in [1.165, 1.54) is 25.7 Å². The molecule has 1 aliphatic heterocycles. The number of carbonyl (C=O) groups is 3. The standard InChI is InChI=1S/C44H50O6/c1-23(2)32-22-37(48-42(46)39-27-13-7-8-14-28(27)39)26(6)19-36(32)44(34-18-12-11-17-31(34)41(45)50-44)35-21-33(24(3)4)38(20-25(35)5)49-43(47)40-29-15-9-10-16-30(29)40/h11-12,17-24,27-30,39-40H,7-10,13-16H2,1-6H3/t27-,28+,29-,30-,39?,44+/m1/s1. The molecule has 6 heteroatoms. The number of aryl methyl sites for hydroxylation is 2. The molecule has 0 spiro atoms. The first-order chi connectivity index (χ1) is 24.0. The molecule has 50 heavy (non-hydrogen) atoms. The summed E-state index contributed by atoms with van der Waals surface area (Å²) in [5.74, 6) is 2.48. The fourth-order valence-electron chi connectivity index (χ4n) is 10.0. The van der Waals surface area contributed by atoms with Crippen molar-refractivity contribution in [2.45, 2.75) is 110 Å². The maximum absolute atomic E-state index is 13.8. The molecule has 3 aromatic carbocycles. The van der Waals surface area contributed by atoms with Crippen LogP contribution in [-0.4, -0.2) is 17.9 Å². The summed E-state index contributed by atoms with van der Waals surface area (Å²) in [6.07, 6.45) is 9.24. The molecule has 1 unspecified atom stereocenters. The van der Waals surface area contributed by atoms with Crippen LogP contribution in [0.25, 0.3) is 0 Å². The van der Waals surface area contributed by atoms with E-state index in [4.69, 9.17) is 14.2 Å². The molecule has 0 radical (unpaired) electrons. The highest BCUT2D eigenvalue weighted by Gasteiger charge is 2.57. The number of ether oxygens (including phenoxy) is 3. The molecule has 5 aliphatic rings. The van der Waals surface area contributed by atoms with E-state index >= 15 is 0 Å². The van der Waals surface area contributed by atoms with Gasteiger partial charge in [0.05, 0.1) is 17.4 Å². The van der Waals surface area contributed by atoms with Gasteiger partial charge in [0.15, 0.2) is 5.60 Å². The van der Waals surface area contributed by atoms with Crippen molar-refractivity contribution in [3.05, 3.63) is 93.0 Å². The fraction of sp³-hybridized carbons (Fsp3) is 0.523. The Hall–Kier alpha value is -3.93. The Balaban J connectivity index is 1.23. The first-order valence-electron chi connectivity index (χ1n) is 19.1. The highest BCUT2D eigenvalue weighted by atomic mass is 16.6. The van der Waals surface area contributed by atoms with Crippen LogP contribution in [0.3, 0.4) is 0 Å². The van der Waals surface area contributed by atoms with E-state index in [0.717, 1.165) is 64.6 Å². The molecule has 6 nitrogen and oxygen atoms in total. The van der Waals surface area contributed by atoms with Crippen LogP contribution in [0.2, 0.25) is 0 Å². The predicted octanol–water partition coefficient (Wildman–Crippen LogP) is 9.70. The van der Waals surface area contributed by atoms with Crippen LogP contribution < -0.4 is 9.47 Å². The second-order valence-electron chi connectivity index (χ2n) is 16.5. The van der Waals surface area contributed by atoms with Crippen LogP contribution in [0, 0.1) is 49.4 Å². The molecule has 0 amide bonds. The Morgan fingerprint density at radius 1 is 0.660 bits per heavy atom. The maximum Gasteiger partial charge on any atom is 0.340 e. The predicted molar refractivity (Wildman–Crippen MR) is 191 cm³/mol. The first-order valence-corrected chi connectivity index (χ1v) is 19.1. The van der Waals surface area contributed by atoms with Gasteiger partial charge in [-0.1, -0.05) is 71.6 Å². The lowest BCUT2D eigenvalue weighted by molar-refractivity contribution is -0.137. The molecule has 0 saturated heterocycles. The minimum absolute atomic E-state index is 0.000319. The summed E-state index contributed by atoms with van der Waals surface area (Å²) in [5.41, 5.74) is 5.30. The van der Waals surface area contributed by atoms with Gasteiger partial charge in [-0.2, -0.15) is 0 Å². The molecular weight excluding hydrogens is 624 g/mol. The highest BCUT2D eigenvalue weighted by molar-refractivity contribution is 5.96. The van der Waals surface area contributed by atoms with Crippen LogP contribution in [0.1, 0.15) is 140 Å². The van der Waals surface area contributed by atoms with Gasteiger partial charge < -0.3 is 14.2 Å². The van der Waals surface area contributed by atoms with Gasteiger partial charge in [0.1, 0.15) is 11.5 Å². The molecule has 8 rings (SSSR count).